The molecule has 144 valence electrons. The van der Waals surface area contributed by atoms with Crippen molar-refractivity contribution in [3.63, 3.8) is 0 Å². The van der Waals surface area contributed by atoms with Gasteiger partial charge in [-0.1, -0.05) is 24.4 Å². The lowest BCUT2D eigenvalue weighted by Gasteiger charge is -2.37. The van der Waals surface area contributed by atoms with E-state index in [9.17, 15) is 4.39 Å². The average Bonchev–Trinajstić information content (AvgIpc) is 3.21. The fourth-order valence-electron chi connectivity index (χ4n) is 3.45. The van der Waals surface area contributed by atoms with Gasteiger partial charge in [0.1, 0.15) is 28.9 Å². The van der Waals surface area contributed by atoms with Gasteiger partial charge in [-0.15, -0.1) is 11.3 Å². The molecule has 1 aromatic heterocycles. The van der Waals surface area contributed by atoms with Crippen LogP contribution in [0, 0.1) is 5.82 Å². The molecule has 1 aliphatic heterocycles. The van der Waals surface area contributed by atoms with Crippen LogP contribution in [0.4, 0.5) is 4.39 Å². The molecular weight excluding hydrogens is 393 g/mol. The maximum absolute atomic E-state index is 13.7. The molecule has 0 aliphatic carbocycles. The van der Waals surface area contributed by atoms with Crippen LogP contribution < -0.4 is 9.47 Å². The predicted molar refractivity (Wildman–Crippen MR) is 114 cm³/mol. The summed E-state index contributed by atoms with van der Waals surface area (Å²) < 4.78 is 25.0. The molecule has 6 heteroatoms. The minimum Gasteiger partial charge on any atom is -0.497 e. The first-order chi connectivity index (χ1) is 13.7. The summed E-state index contributed by atoms with van der Waals surface area (Å²) >= 11 is 7.50. The fourth-order valence-corrected chi connectivity index (χ4v) is 4.73. The summed E-state index contributed by atoms with van der Waals surface area (Å²) in [5.74, 6) is 1.29. The van der Waals surface area contributed by atoms with Crippen molar-refractivity contribution >= 4 is 28.5 Å². The molecule has 3 nitrogen and oxygen atoms in total. The third kappa shape index (κ3) is 3.88. The second-order valence-electron chi connectivity index (χ2n) is 6.56. The van der Waals surface area contributed by atoms with E-state index < -0.39 is 0 Å². The van der Waals surface area contributed by atoms with Crippen molar-refractivity contribution in [2.75, 3.05) is 20.3 Å². The Hall–Kier alpha value is -2.44. The number of fused-ring (bicyclic) bond motifs is 1. The van der Waals surface area contributed by atoms with Crippen molar-refractivity contribution in [1.82, 2.24) is 4.90 Å². The zero-order valence-electron chi connectivity index (χ0n) is 15.4. The highest BCUT2D eigenvalue weighted by Gasteiger charge is 2.31. The SMILES string of the molecule is COc1ccc(OCC2c3ccsc3CCN2C(=S)c2cccc(F)c2)cc1. The van der Waals surface area contributed by atoms with E-state index in [4.69, 9.17) is 21.7 Å². The van der Waals surface area contributed by atoms with Crippen molar-refractivity contribution in [3.05, 3.63) is 81.8 Å². The number of benzene rings is 2. The lowest BCUT2D eigenvalue weighted by atomic mass is 9.99. The van der Waals surface area contributed by atoms with E-state index in [1.807, 2.05) is 30.3 Å². The van der Waals surface area contributed by atoms with Crippen molar-refractivity contribution in [3.8, 4) is 11.5 Å². The largest absolute Gasteiger partial charge is 0.497 e. The normalized spacial score (nSPS) is 15.8. The molecule has 0 spiro atoms. The molecule has 4 rings (SSSR count). The van der Waals surface area contributed by atoms with E-state index in [1.54, 1.807) is 24.5 Å². The van der Waals surface area contributed by atoms with Gasteiger partial charge in [-0.25, -0.2) is 4.39 Å². The number of thiophene rings is 1. The standard InChI is InChI=1S/C22H20FNO2S2/c1-25-17-5-7-18(8-6-17)26-14-20-19-10-12-28-21(19)9-11-24(20)22(27)15-3-2-4-16(23)13-15/h2-8,10,12-13,20H,9,11,14H2,1H3. The van der Waals surface area contributed by atoms with E-state index in [0.717, 1.165) is 30.0 Å². The number of ether oxygens (including phenoxy) is 2. The van der Waals surface area contributed by atoms with Crippen molar-refractivity contribution < 1.29 is 13.9 Å². The molecule has 2 heterocycles. The summed E-state index contributed by atoms with van der Waals surface area (Å²) in [6.07, 6.45) is 0.932. The molecule has 0 amide bonds. The van der Waals surface area contributed by atoms with E-state index in [-0.39, 0.29) is 11.9 Å². The number of hydrogen-bond acceptors (Lipinski definition) is 4. The Balaban J connectivity index is 1.57. The topological polar surface area (TPSA) is 21.7 Å². The van der Waals surface area contributed by atoms with Crippen LogP contribution in [-0.2, 0) is 6.42 Å². The molecule has 0 bridgehead atoms. The van der Waals surface area contributed by atoms with Gasteiger partial charge in [0, 0.05) is 17.0 Å². The van der Waals surface area contributed by atoms with Gasteiger partial charge in [-0.3, -0.25) is 0 Å². The summed E-state index contributed by atoms with van der Waals surface area (Å²) in [6.45, 7) is 1.25. The number of thiocarbonyl (C=S) groups is 1. The van der Waals surface area contributed by atoms with Gasteiger partial charge in [-0.05, 0) is 59.8 Å². The van der Waals surface area contributed by atoms with Crippen LogP contribution in [0.15, 0.2) is 60.0 Å². The molecule has 1 atom stereocenters. The number of rotatable bonds is 5. The molecule has 0 saturated carbocycles. The third-order valence-electron chi connectivity index (χ3n) is 4.89. The molecule has 1 aliphatic rings. The molecule has 28 heavy (non-hydrogen) atoms. The predicted octanol–water partition coefficient (Wildman–Crippen LogP) is 5.25. The first-order valence-electron chi connectivity index (χ1n) is 9.05. The van der Waals surface area contributed by atoms with Crippen LogP contribution in [0.2, 0.25) is 0 Å². The van der Waals surface area contributed by atoms with Crippen LogP contribution in [0.3, 0.4) is 0 Å². The molecular formula is C22H20FNO2S2. The Bertz CT molecular complexity index is 971. The Morgan fingerprint density at radius 3 is 2.71 bits per heavy atom. The quantitative estimate of drug-likeness (QED) is 0.533. The minimum atomic E-state index is -0.279. The lowest BCUT2D eigenvalue weighted by molar-refractivity contribution is 0.192. The maximum Gasteiger partial charge on any atom is 0.123 e. The third-order valence-corrected chi connectivity index (χ3v) is 6.36. The van der Waals surface area contributed by atoms with Gasteiger partial charge in [0.25, 0.3) is 0 Å². The highest BCUT2D eigenvalue weighted by atomic mass is 32.1. The van der Waals surface area contributed by atoms with Gasteiger partial charge in [-0.2, -0.15) is 0 Å². The first kappa shape index (κ1) is 18.9. The number of methoxy groups -OCH3 is 1. The van der Waals surface area contributed by atoms with Crippen molar-refractivity contribution in [2.24, 2.45) is 0 Å². The van der Waals surface area contributed by atoms with Gasteiger partial charge in [0.2, 0.25) is 0 Å². The lowest BCUT2D eigenvalue weighted by Crippen LogP contribution is -2.41. The summed E-state index contributed by atoms with van der Waals surface area (Å²) in [7, 11) is 1.64. The Morgan fingerprint density at radius 1 is 1.18 bits per heavy atom. The van der Waals surface area contributed by atoms with Crippen molar-refractivity contribution in [2.45, 2.75) is 12.5 Å². The molecule has 3 aromatic rings. The fraction of sp³-hybridized carbons (Fsp3) is 0.227. The summed E-state index contributed by atoms with van der Waals surface area (Å²) in [5.41, 5.74) is 1.96. The number of halogens is 1. The first-order valence-corrected chi connectivity index (χ1v) is 10.3. The maximum atomic E-state index is 13.7. The monoisotopic (exact) mass is 413 g/mol. The summed E-state index contributed by atoms with van der Waals surface area (Å²) in [6, 6.07) is 16.2. The van der Waals surface area contributed by atoms with Crippen molar-refractivity contribution in [1.29, 1.82) is 0 Å². The van der Waals surface area contributed by atoms with Gasteiger partial charge in [0.05, 0.1) is 13.2 Å². The van der Waals surface area contributed by atoms with E-state index in [0.29, 0.717) is 11.6 Å². The minimum absolute atomic E-state index is 0.00660. The number of nitrogens with zero attached hydrogens (tertiary/aromatic N) is 1. The van der Waals surface area contributed by atoms with E-state index in [2.05, 4.69) is 16.3 Å². The molecule has 2 aromatic carbocycles. The van der Waals surface area contributed by atoms with Crippen LogP contribution in [0.1, 0.15) is 22.0 Å². The molecule has 0 fully saturated rings. The van der Waals surface area contributed by atoms with E-state index in [1.165, 1.54) is 22.6 Å². The van der Waals surface area contributed by atoms with Crippen LogP contribution in [-0.4, -0.2) is 30.1 Å². The molecule has 0 saturated heterocycles. The number of hydrogen-bond donors (Lipinski definition) is 0. The van der Waals surface area contributed by atoms with Crippen LogP contribution >= 0.6 is 23.6 Å². The van der Waals surface area contributed by atoms with Gasteiger partial charge < -0.3 is 14.4 Å². The highest BCUT2D eigenvalue weighted by molar-refractivity contribution is 7.80. The highest BCUT2D eigenvalue weighted by Crippen LogP contribution is 2.35. The molecule has 0 radical (unpaired) electrons. The average molecular weight is 414 g/mol. The van der Waals surface area contributed by atoms with E-state index >= 15 is 0 Å². The van der Waals surface area contributed by atoms with Gasteiger partial charge >= 0.3 is 0 Å². The van der Waals surface area contributed by atoms with Crippen LogP contribution in [0.25, 0.3) is 0 Å². The molecule has 0 N–H and O–H groups in total. The second-order valence-corrected chi connectivity index (χ2v) is 7.95. The smallest absolute Gasteiger partial charge is 0.123 e. The molecule has 1 unspecified atom stereocenters. The summed E-state index contributed by atoms with van der Waals surface area (Å²) in [4.78, 5) is 4.17. The Morgan fingerprint density at radius 2 is 1.96 bits per heavy atom. The van der Waals surface area contributed by atoms with Gasteiger partial charge in [0.15, 0.2) is 0 Å². The zero-order valence-corrected chi connectivity index (χ0v) is 17.1. The summed E-state index contributed by atoms with van der Waals surface area (Å²) in [5, 5.41) is 2.11. The Labute approximate surface area is 173 Å². The Kier molecular flexibility index (Phi) is 5.59. The van der Waals surface area contributed by atoms with Crippen LogP contribution in [0.5, 0.6) is 11.5 Å². The second kappa shape index (κ2) is 8.29. The zero-order chi connectivity index (χ0) is 19.5.